The minimum absolute atomic E-state index is 0.325. The number of benzene rings is 1. The number of rotatable bonds is 6. The van der Waals surface area contributed by atoms with E-state index in [1.807, 2.05) is 30.6 Å². The van der Waals surface area contributed by atoms with Gasteiger partial charge in [-0.3, -0.25) is 4.98 Å². The number of likely N-dealkylation sites (N-methyl/N-ethyl adjacent to an activating group) is 1. The summed E-state index contributed by atoms with van der Waals surface area (Å²) in [6.45, 7) is 3.91. The summed E-state index contributed by atoms with van der Waals surface area (Å²) >= 11 is 0. The summed E-state index contributed by atoms with van der Waals surface area (Å²) in [6.07, 6.45) is 4.70. The Morgan fingerprint density at radius 2 is 1.75 bits per heavy atom. The maximum atomic E-state index is 6.46. The number of nitrogens with zero attached hydrogens (tertiary/aromatic N) is 2. The Morgan fingerprint density at radius 1 is 1.10 bits per heavy atom. The van der Waals surface area contributed by atoms with E-state index in [9.17, 15) is 0 Å². The van der Waals surface area contributed by atoms with Crippen molar-refractivity contribution in [3.8, 4) is 0 Å². The van der Waals surface area contributed by atoms with Gasteiger partial charge in [-0.2, -0.15) is 0 Å². The average molecular weight is 269 g/mol. The summed E-state index contributed by atoms with van der Waals surface area (Å²) < 4.78 is 0. The molecule has 3 heteroatoms. The van der Waals surface area contributed by atoms with E-state index in [4.69, 9.17) is 5.73 Å². The summed E-state index contributed by atoms with van der Waals surface area (Å²) in [5.41, 5.74) is 8.62. The Morgan fingerprint density at radius 3 is 2.40 bits per heavy atom. The first-order chi connectivity index (χ1) is 9.58. The molecule has 3 nitrogen and oxygen atoms in total. The van der Waals surface area contributed by atoms with Crippen LogP contribution in [0.2, 0.25) is 0 Å². The van der Waals surface area contributed by atoms with Crippen LogP contribution in [0.4, 0.5) is 0 Å². The third kappa shape index (κ3) is 4.15. The molecule has 0 radical (unpaired) electrons. The minimum Gasteiger partial charge on any atom is -0.321 e. The van der Waals surface area contributed by atoms with Crippen LogP contribution in [0.5, 0.6) is 0 Å². The molecule has 0 fully saturated rings. The Balaban J connectivity index is 1.89. The zero-order chi connectivity index (χ0) is 14.4. The second kappa shape index (κ2) is 6.64. The molecule has 1 heterocycles. The molecule has 106 valence electrons. The van der Waals surface area contributed by atoms with Crippen LogP contribution in [0.15, 0.2) is 54.9 Å². The van der Waals surface area contributed by atoms with Gasteiger partial charge in [-0.25, -0.2) is 0 Å². The minimum atomic E-state index is -0.325. The molecule has 0 aliphatic carbocycles. The first kappa shape index (κ1) is 14.7. The Hall–Kier alpha value is -1.71. The van der Waals surface area contributed by atoms with Crippen molar-refractivity contribution in [2.75, 3.05) is 20.1 Å². The van der Waals surface area contributed by atoms with E-state index in [1.165, 1.54) is 11.1 Å². The lowest BCUT2D eigenvalue weighted by molar-refractivity contribution is 0.262. The lowest BCUT2D eigenvalue weighted by Gasteiger charge is -2.30. The van der Waals surface area contributed by atoms with Crippen LogP contribution in [-0.2, 0) is 12.0 Å². The average Bonchev–Trinajstić information content (AvgIpc) is 2.47. The molecule has 1 atom stereocenters. The highest BCUT2D eigenvalue weighted by molar-refractivity contribution is 5.23. The highest BCUT2D eigenvalue weighted by atomic mass is 15.1. The highest BCUT2D eigenvalue weighted by Gasteiger charge is 2.22. The molecule has 2 N–H and O–H groups in total. The van der Waals surface area contributed by atoms with Gasteiger partial charge in [0.25, 0.3) is 0 Å². The number of hydrogen-bond donors (Lipinski definition) is 1. The molecular formula is C17H23N3. The van der Waals surface area contributed by atoms with E-state index < -0.39 is 0 Å². The molecule has 1 aromatic carbocycles. The lowest BCUT2D eigenvalue weighted by atomic mass is 9.92. The smallest absolute Gasteiger partial charge is 0.0509 e. The van der Waals surface area contributed by atoms with Crippen molar-refractivity contribution in [2.24, 2.45) is 5.73 Å². The van der Waals surface area contributed by atoms with E-state index in [2.05, 4.69) is 48.1 Å². The molecule has 20 heavy (non-hydrogen) atoms. The molecular weight excluding hydrogens is 246 g/mol. The summed E-state index contributed by atoms with van der Waals surface area (Å²) in [6, 6.07) is 14.4. The normalized spacial score (nSPS) is 14.2. The third-order valence-electron chi connectivity index (χ3n) is 3.56. The van der Waals surface area contributed by atoms with E-state index in [-0.39, 0.29) is 5.54 Å². The molecule has 2 rings (SSSR count). The van der Waals surface area contributed by atoms with E-state index in [0.29, 0.717) is 0 Å². The van der Waals surface area contributed by atoms with Crippen LogP contribution in [-0.4, -0.2) is 30.0 Å². The second-order valence-electron chi connectivity index (χ2n) is 5.63. The molecule has 0 aliphatic rings. The molecule has 2 aromatic rings. The van der Waals surface area contributed by atoms with Gasteiger partial charge < -0.3 is 10.6 Å². The summed E-state index contributed by atoms with van der Waals surface area (Å²) in [5.74, 6) is 0. The largest absolute Gasteiger partial charge is 0.321 e. The van der Waals surface area contributed by atoms with Crippen LogP contribution in [0.3, 0.4) is 0 Å². The van der Waals surface area contributed by atoms with Gasteiger partial charge in [-0.1, -0.05) is 30.3 Å². The van der Waals surface area contributed by atoms with Gasteiger partial charge in [0.1, 0.15) is 0 Å². The van der Waals surface area contributed by atoms with Crippen LogP contribution >= 0.6 is 0 Å². The Bertz CT molecular complexity index is 508. The zero-order valence-corrected chi connectivity index (χ0v) is 12.3. The molecule has 0 saturated carbocycles. The highest BCUT2D eigenvalue weighted by Crippen LogP contribution is 2.18. The lowest BCUT2D eigenvalue weighted by Crippen LogP contribution is -2.44. The number of nitrogens with two attached hydrogens (primary N) is 1. The first-order valence-corrected chi connectivity index (χ1v) is 7.00. The Labute approximate surface area is 121 Å². The molecule has 0 amide bonds. The van der Waals surface area contributed by atoms with Gasteiger partial charge in [-0.05, 0) is 43.7 Å². The van der Waals surface area contributed by atoms with Gasteiger partial charge >= 0.3 is 0 Å². The quantitative estimate of drug-likeness (QED) is 0.876. The fourth-order valence-corrected chi connectivity index (χ4v) is 2.42. The van der Waals surface area contributed by atoms with Gasteiger partial charge in [0.15, 0.2) is 0 Å². The van der Waals surface area contributed by atoms with Crippen LogP contribution in [0.25, 0.3) is 0 Å². The van der Waals surface area contributed by atoms with Crippen molar-refractivity contribution in [2.45, 2.75) is 18.9 Å². The van der Waals surface area contributed by atoms with Gasteiger partial charge in [0.05, 0.1) is 5.54 Å². The van der Waals surface area contributed by atoms with Crippen molar-refractivity contribution >= 4 is 0 Å². The third-order valence-corrected chi connectivity index (χ3v) is 3.56. The molecule has 1 unspecified atom stereocenters. The molecule has 0 bridgehead atoms. The molecule has 0 saturated heterocycles. The van der Waals surface area contributed by atoms with Crippen LogP contribution < -0.4 is 5.73 Å². The maximum absolute atomic E-state index is 6.46. The second-order valence-corrected chi connectivity index (χ2v) is 5.63. The monoisotopic (exact) mass is 269 g/mol. The fourth-order valence-electron chi connectivity index (χ4n) is 2.42. The van der Waals surface area contributed by atoms with Gasteiger partial charge in [-0.15, -0.1) is 0 Å². The van der Waals surface area contributed by atoms with E-state index in [1.54, 1.807) is 0 Å². The Kier molecular flexibility index (Phi) is 4.88. The van der Waals surface area contributed by atoms with Crippen molar-refractivity contribution in [3.05, 3.63) is 66.0 Å². The van der Waals surface area contributed by atoms with Gasteiger partial charge in [0, 0.05) is 25.5 Å². The van der Waals surface area contributed by atoms with Crippen molar-refractivity contribution in [1.29, 1.82) is 0 Å². The number of aromatic nitrogens is 1. The summed E-state index contributed by atoms with van der Waals surface area (Å²) in [5, 5.41) is 0. The zero-order valence-electron chi connectivity index (χ0n) is 12.3. The number of hydrogen-bond acceptors (Lipinski definition) is 3. The molecule has 0 spiro atoms. The fraction of sp³-hybridized carbons (Fsp3) is 0.353. The first-order valence-electron chi connectivity index (χ1n) is 7.00. The van der Waals surface area contributed by atoms with Crippen LogP contribution in [0, 0.1) is 0 Å². The van der Waals surface area contributed by atoms with Crippen LogP contribution in [0.1, 0.15) is 18.1 Å². The van der Waals surface area contributed by atoms with Crippen molar-refractivity contribution in [1.82, 2.24) is 9.88 Å². The molecule has 0 aliphatic heterocycles. The summed E-state index contributed by atoms with van der Waals surface area (Å²) in [4.78, 5) is 6.32. The predicted octanol–water partition coefficient (Wildman–Crippen LogP) is 2.43. The maximum Gasteiger partial charge on any atom is 0.0509 e. The van der Waals surface area contributed by atoms with Crippen molar-refractivity contribution in [3.63, 3.8) is 0 Å². The van der Waals surface area contributed by atoms with E-state index in [0.717, 1.165) is 19.5 Å². The van der Waals surface area contributed by atoms with E-state index >= 15 is 0 Å². The SMILES string of the molecule is CN(CCc1ccncc1)CC(C)(N)c1ccccc1. The van der Waals surface area contributed by atoms with Crippen molar-refractivity contribution < 1.29 is 0 Å². The predicted molar refractivity (Wildman–Crippen MR) is 83.4 cm³/mol. The number of pyridine rings is 1. The standard InChI is InChI=1S/C17H23N3/c1-17(18,16-6-4-3-5-7-16)14-20(2)13-10-15-8-11-19-12-9-15/h3-9,11-12H,10,13-14,18H2,1-2H3. The van der Waals surface area contributed by atoms with Gasteiger partial charge in [0.2, 0.25) is 0 Å². The molecule has 1 aromatic heterocycles. The topological polar surface area (TPSA) is 42.2 Å². The summed E-state index contributed by atoms with van der Waals surface area (Å²) in [7, 11) is 2.12.